The van der Waals surface area contributed by atoms with Gasteiger partial charge in [-0.2, -0.15) is 4.31 Å². The first kappa shape index (κ1) is 24.0. The number of rotatable bonds is 11. The summed E-state index contributed by atoms with van der Waals surface area (Å²) in [7, 11) is -3.72. The van der Waals surface area contributed by atoms with Gasteiger partial charge in [0, 0.05) is 25.4 Å². The van der Waals surface area contributed by atoms with Gasteiger partial charge in [-0.25, -0.2) is 8.42 Å². The second-order valence-corrected chi connectivity index (χ2v) is 9.11. The third kappa shape index (κ3) is 5.79. The van der Waals surface area contributed by atoms with Crippen molar-refractivity contribution in [2.75, 3.05) is 44.8 Å². The van der Waals surface area contributed by atoms with Crippen molar-refractivity contribution in [3.05, 3.63) is 48.0 Å². The van der Waals surface area contributed by atoms with Crippen LogP contribution in [0.3, 0.4) is 0 Å². The quantitative estimate of drug-likeness (QED) is 0.514. The van der Waals surface area contributed by atoms with Gasteiger partial charge in [-0.1, -0.05) is 12.1 Å². The zero-order chi connectivity index (χ0) is 23.0. The summed E-state index contributed by atoms with van der Waals surface area (Å²) >= 11 is 0. The van der Waals surface area contributed by atoms with Crippen LogP contribution >= 0.6 is 0 Å². The number of carbonyl (C=O) groups is 1. The molecule has 2 aromatic carbocycles. The first-order valence-corrected chi connectivity index (χ1v) is 12.3. The maximum atomic E-state index is 13.2. The molecule has 0 unspecified atom stereocenters. The molecular weight excluding hydrogens is 432 g/mol. The lowest BCUT2D eigenvalue weighted by molar-refractivity contribution is 0.0998. The van der Waals surface area contributed by atoms with Gasteiger partial charge in [0.1, 0.15) is 23.0 Å². The first-order chi connectivity index (χ1) is 15.5. The molecule has 32 heavy (non-hydrogen) atoms. The van der Waals surface area contributed by atoms with E-state index in [1.165, 1.54) is 10.4 Å². The third-order valence-corrected chi connectivity index (χ3v) is 6.93. The molecule has 0 bridgehead atoms. The Kier molecular flexibility index (Phi) is 8.49. The SMILES string of the molecule is CCOCCOc1ccccc1C(=O)Nc1ccc(OCC)c(S(=O)(=O)N2CCCC2)c1. The van der Waals surface area contributed by atoms with E-state index in [0.717, 1.165) is 12.8 Å². The number of benzene rings is 2. The van der Waals surface area contributed by atoms with Gasteiger partial charge in [-0.05, 0) is 57.0 Å². The lowest BCUT2D eigenvalue weighted by Crippen LogP contribution is -2.28. The molecule has 1 aliphatic rings. The molecule has 1 saturated heterocycles. The molecule has 0 aliphatic carbocycles. The molecular formula is C23H30N2O6S. The van der Waals surface area contributed by atoms with Crippen LogP contribution < -0.4 is 14.8 Å². The van der Waals surface area contributed by atoms with Crippen LogP contribution in [0.2, 0.25) is 0 Å². The van der Waals surface area contributed by atoms with Gasteiger partial charge in [-0.15, -0.1) is 0 Å². The van der Waals surface area contributed by atoms with E-state index in [1.54, 1.807) is 43.3 Å². The minimum atomic E-state index is -3.72. The topological polar surface area (TPSA) is 94.2 Å². The van der Waals surface area contributed by atoms with E-state index in [2.05, 4.69) is 5.32 Å². The highest BCUT2D eigenvalue weighted by Gasteiger charge is 2.30. The van der Waals surface area contributed by atoms with Crippen molar-refractivity contribution < 1.29 is 27.4 Å². The van der Waals surface area contributed by atoms with Crippen molar-refractivity contribution in [2.45, 2.75) is 31.6 Å². The maximum Gasteiger partial charge on any atom is 0.259 e. The first-order valence-electron chi connectivity index (χ1n) is 10.8. The van der Waals surface area contributed by atoms with Crippen molar-refractivity contribution in [3.63, 3.8) is 0 Å². The van der Waals surface area contributed by atoms with Crippen molar-refractivity contribution in [2.24, 2.45) is 0 Å². The van der Waals surface area contributed by atoms with Crippen molar-refractivity contribution in [1.29, 1.82) is 0 Å². The van der Waals surface area contributed by atoms with E-state index in [-0.39, 0.29) is 10.6 Å². The Bertz CT molecular complexity index is 1020. The normalized spacial score (nSPS) is 14.3. The molecule has 1 fully saturated rings. The van der Waals surface area contributed by atoms with Crippen LogP contribution in [-0.4, -0.2) is 58.1 Å². The fraction of sp³-hybridized carbons (Fsp3) is 0.435. The number of sulfonamides is 1. The van der Waals surface area contributed by atoms with Crippen LogP contribution in [0.4, 0.5) is 5.69 Å². The molecule has 0 radical (unpaired) electrons. The van der Waals surface area contributed by atoms with Gasteiger partial charge < -0.3 is 19.5 Å². The maximum absolute atomic E-state index is 13.2. The van der Waals surface area contributed by atoms with Crippen LogP contribution in [0.1, 0.15) is 37.0 Å². The number of ether oxygens (including phenoxy) is 3. The van der Waals surface area contributed by atoms with E-state index in [9.17, 15) is 13.2 Å². The second kappa shape index (κ2) is 11.3. The Morgan fingerprint density at radius 3 is 2.44 bits per heavy atom. The van der Waals surface area contributed by atoms with Gasteiger partial charge >= 0.3 is 0 Å². The van der Waals surface area contributed by atoms with Crippen LogP contribution in [0.25, 0.3) is 0 Å². The van der Waals surface area contributed by atoms with Crippen molar-refractivity contribution in [1.82, 2.24) is 4.31 Å². The second-order valence-electron chi connectivity index (χ2n) is 7.20. The minimum Gasteiger partial charge on any atom is -0.492 e. The molecule has 1 amide bonds. The molecule has 8 nitrogen and oxygen atoms in total. The van der Waals surface area contributed by atoms with Crippen molar-refractivity contribution in [3.8, 4) is 11.5 Å². The van der Waals surface area contributed by atoms with E-state index >= 15 is 0 Å². The molecule has 0 atom stereocenters. The molecule has 0 saturated carbocycles. The molecule has 1 aliphatic heterocycles. The lowest BCUT2D eigenvalue weighted by Gasteiger charge is -2.19. The largest absolute Gasteiger partial charge is 0.492 e. The van der Waals surface area contributed by atoms with Gasteiger partial charge in [0.05, 0.1) is 18.8 Å². The Hall–Kier alpha value is -2.62. The Morgan fingerprint density at radius 2 is 1.72 bits per heavy atom. The molecule has 174 valence electrons. The predicted molar refractivity (Wildman–Crippen MR) is 122 cm³/mol. The van der Waals surface area contributed by atoms with Crippen molar-refractivity contribution >= 4 is 21.6 Å². The summed E-state index contributed by atoms with van der Waals surface area (Å²) in [6, 6.07) is 11.5. The number of hydrogen-bond donors (Lipinski definition) is 1. The Morgan fingerprint density at radius 1 is 0.969 bits per heavy atom. The molecule has 3 rings (SSSR count). The van der Waals surface area contributed by atoms with E-state index < -0.39 is 15.9 Å². The Labute approximate surface area is 189 Å². The molecule has 2 aromatic rings. The number of anilines is 1. The summed E-state index contributed by atoms with van der Waals surface area (Å²) in [5.41, 5.74) is 0.710. The summed E-state index contributed by atoms with van der Waals surface area (Å²) in [5.74, 6) is 0.309. The van der Waals surface area contributed by atoms with E-state index in [0.29, 0.717) is 56.5 Å². The fourth-order valence-electron chi connectivity index (χ4n) is 3.46. The van der Waals surface area contributed by atoms with Crippen LogP contribution in [0, 0.1) is 0 Å². The number of nitrogens with zero attached hydrogens (tertiary/aromatic N) is 1. The Balaban J connectivity index is 1.83. The highest BCUT2D eigenvalue weighted by molar-refractivity contribution is 7.89. The third-order valence-electron chi connectivity index (χ3n) is 5.01. The summed E-state index contributed by atoms with van der Waals surface area (Å²) in [4.78, 5) is 13.0. The van der Waals surface area contributed by atoms with E-state index in [1.807, 2.05) is 6.92 Å². The average Bonchev–Trinajstić information content (AvgIpc) is 3.34. The minimum absolute atomic E-state index is 0.0558. The van der Waals surface area contributed by atoms with E-state index in [4.69, 9.17) is 14.2 Å². The molecule has 0 spiro atoms. The number of nitrogens with one attached hydrogen (secondary N) is 1. The smallest absolute Gasteiger partial charge is 0.259 e. The van der Waals surface area contributed by atoms with Gasteiger partial charge in [0.2, 0.25) is 10.0 Å². The number of amides is 1. The lowest BCUT2D eigenvalue weighted by atomic mass is 10.2. The summed E-state index contributed by atoms with van der Waals surface area (Å²) in [5, 5.41) is 2.78. The predicted octanol–water partition coefficient (Wildman–Crippen LogP) is 3.54. The number of para-hydroxylation sites is 1. The number of hydrogen-bond acceptors (Lipinski definition) is 6. The summed E-state index contributed by atoms with van der Waals surface area (Å²) in [6.45, 7) is 6.32. The molecule has 1 N–H and O–H groups in total. The summed E-state index contributed by atoms with van der Waals surface area (Å²) < 4.78 is 44.3. The fourth-order valence-corrected chi connectivity index (χ4v) is 5.14. The van der Waals surface area contributed by atoms with Crippen LogP contribution in [-0.2, 0) is 14.8 Å². The number of carbonyl (C=O) groups excluding carboxylic acids is 1. The van der Waals surface area contributed by atoms with Gasteiger partial charge in [-0.3, -0.25) is 4.79 Å². The van der Waals surface area contributed by atoms with Crippen LogP contribution in [0.15, 0.2) is 47.4 Å². The van der Waals surface area contributed by atoms with Crippen LogP contribution in [0.5, 0.6) is 11.5 Å². The van der Waals surface area contributed by atoms with Gasteiger partial charge in [0.25, 0.3) is 5.91 Å². The summed E-state index contributed by atoms with van der Waals surface area (Å²) in [6.07, 6.45) is 1.67. The van der Waals surface area contributed by atoms with Gasteiger partial charge in [0.15, 0.2) is 0 Å². The zero-order valence-electron chi connectivity index (χ0n) is 18.5. The highest BCUT2D eigenvalue weighted by Crippen LogP contribution is 2.32. The molecule has 1 heterocycles. The zero-order valence-corrected chi connectivity index (χ0v) is 19.3. The standard InChI is InChI=1S/C23H30N2O6S/c1-3-29-15-16-31-20-10-6-5-9-19(20)23(26)24-18-11-12-21(30-4-2)22(17-18)32(27,28)25-13-7-8-14-25/h5-6,9-12,17H,3-4,7-8,13-16H2,1-2H3,(H,24,26). The monoisotopic (exact) mass is 462 g/mol. The molecule has 9 heteroatoms. The highest BCUT2D eigenvalue weighted by atomic mass is 32.2. The molecule has 0 aromatic heterocycles. The average molecular weight is 463 g/mol.